The van der Waals surface area contributed by atoms with E-state index in [-0.39, 0.29) is 5.60 Å². The Kier molecular flexibility index (Phi) is 4.62. The highest BCUT2D eigenvalue weighted by Crippen LogP contribution is 2.41. The first kappa shape index (κ1) is 14.2. The van der Waals surface area contributed by atoms with Gasteiger partial charge in [0.25, 0.3) is 0 Å². The van der Waals surface area contributed by atoms with Gasteiger partial charge >= 0.3 is 0 Å². The molecule has 0 aromatic rings. The minimum Gasteiger partial charge on any atom is -0.393 e. The third kappa shape index (κ3) is 3.22. The molecular weight excluding hydrogens is 244 g/mol. The van der Waals surface area contributed by atoms with Crippen LogP contribution in [0.1, 0.15) is 51.9 Å². The van der Waals surface area contributed by atoms with Gasteiger partial charge in [0.1, 0.15) is 0 Å². The minimum absolute atomic E-state index is 0.195. The van der Waals surface area contributed by atoms with Crippen LogP contribution < -0.4 is 5.73 Å². The van der Waals surface area contributed by atoms with Gasteiger partial charge in [0, 0.05) is 25.1 Å². The van der Waals surface area contributed by atoms with Gasteiger partial charge in [-0.05, 0) is 39.7 Å². The lowest BCUT2D eigenvalue weighted by atomic mass is 9.87. The molecule has 18 heavy (non-hydrogen) atoms. The summed E-state index contributed by atoms with van der Waals surface area (Å²) in [6.45, 7) is 3.13. The van der Waals surface area contributed by atoms with Gasteiger partial charge in [0.15, 0.2) is 0 Å². The molecule has 0 amide bonds. The van der Waals surface area contributed by atoms with E-state index in [4.69, 9.17) is 22.7 Å². The minimum atomic E-state index is 0.195. The van der Waals surface area contributed by atoms with E-state index in [1.807, 2.05) is 0 Å². The lowest BCUT2D eigenvalue weighted by Gasteiger charge is -2.43. The number of nitrogens with zero attached hydrogens (tertiary/aromatic N) is 1. The molecule has 0 bridgehead atoms. The molecule has 2 atom stereocenters. The lowest BCUT2D eigenvalue weighted by Crippen LogP contribution is -2.49. The maximum atomic E-state index is 6.09. The predicted molar refractivity (Wildman–Crippen MR) is 78.8 cm³/mol. The van der Waals surface area contributed by atoms with Crippen LogP contribution in [0.25, 0.3) is 0 Å². The first-order valence-electron chi connectivity index (χ1n) is 7.17. The van der Waals surface area contributed by atoms with Crippen molar-refractivity contribution >= 4 is 17.2 Å². The van der Waals surface area contributed by atoms with Crippen LogP contribution in [0.4, 0.5) is 0 Å². The summed E-state index contributed by atoms with van der Waals surface area (Å²) >= 11 is 5.02. The van der Waals surface area contributed by atoms with Crippen molar-refractivity contribution < 1.29 is 4.74 Å². The molecule has 1 spiro atoms. The van der Waals surface area contributed by atoms with Gasteiger partial charge in [-0.2, -0.15) is 0 Å². The maximum Gasteiger partial charge on any atom is 0.0742 e. The topological polar surface area (TPSA) is 38.5 Å². The van der Waals surface area contributed by atoms with Crippen LogP contribution in [0, 0.1) is 0 Å². The molecule has 2 rings (SSSR count). The third-order valence-electron chi connectivity index (χ3n) is 4.75. The Balaban J connectivity index is 1.93. The van der Waals surface area contributed by atoms with Crippen LogP contribution in [0.15, 0.2) is 0 Å². The van der Waals surface area contributed by atoms with Gasteiger partial charge in [-0.1, -0.05) is 25.1 Å². The smallest absolute Gasteiger partial charge is 0.0742 e. The molecule has 1 heterocycles. The summed E-state index contributed by atoms with van der Waals surface area (Å²) in [5.74, 6) is 0. The lowest BCUT2D eigenvalue weighted by molar-refractivity contribution is -0.102. The summed E-state index contributed by atoms with van der Waals surface area (Å²) in [6.07, 6.45) is 8.31. The van der Waals surface area contributed by atoms with Crippen LogP contribution in [0.3, 0.4) is 0 Å². The quantitative estimate of drug-likeness (QED) is 0.797. The summed E-state index contributed by atoms with van der Waals surface area (Å²) in [4.78, 5) is 3.08. The standard InChI is InChI=1S/C14H26N2OS/c1-11(9-13(15)18)16(2)12-5-8-17-14(10-12)6-3-4-7-14/h11-12H,3-10H2,1-2H3,(H2,15,18). The summed E-state index contributed by atoms with van der Waals surface area (Å²) in [5.41, 5.74) is 5.85. The number of hydrogen-bond acceptors (Lipinski definition) is 3. The molecule has 1 saturated carbocycles. The van der Waals surface area contributed by atoms with E-state index >= 15 is 0 Å². The van der Waals surface area contributed by atoms with Crippen molar-refractivity contribution in [2.75, 3.05) is 13.7 Å². The second kappa shape index (κ2) is 5.85. The molecule has 104 valence electrons. The van der Waals surface area contributed by atoms with Gasteiger partial charge in [0.05, 0.1) is 10.6 Å². The number of nitrogens with two attached hydrogens (primary N) is 1. The first-order chi connectivity index (χ1) is 8.52. The number of ether oxygens (including phenoxy) is 1. The van der Waals surface area contributed by atoms with Crippen molar-refractivity contribution in [3.63, 3.8) is 0 Å². The van der Waals surface area contributed by atoms with E-state index in [0.29, 0.717) is 17.1 Å². The van der Waals surface area contributed by atoms with Crippen molar-refractivity contribution in [2.45, 2.75) is 69.6 Å². The fourth-order valence-electron chi connectivity index (χ4n) is 3.51. The Morgan fingerprint density at radius 1 is 1.50 bits per heavy atom. The molecule has 4 heteroatoms. The van der Waals surface area contributed by atoms with Crippen LogP contribution in [-0.2, 0) is 4.74 Å². The summed E-state index contributed by atoms with van der Waals surface area (Å²) in [5, 5.41) is 0. The summed E-state index contributed by atoms with van der Waals surface area (Å²) < 4.78 is 6.09. The Bertz CT molecular complexity index is 302. The number of thiocarbonyl (C=S) groups is 1. The molecule has 1 aliphatic carbocycles. The molecule has 3 nitrogen and oxygen atoms in total. The molecule has 1 aliphatic heterocycles. The third-order valence-corrected chi connectivity index (χ3v) is 4.92. The molecule has 2 unspecified atom stereocenters. The second-order valence-corrected chi connectivity index (χ2v) is 6.59. The summed E-state index contributed by atoms with van der Waals surface area (Å²) in [7, 11) is 2.21. The van der Waals surface area contributed by atoms with Crippen molar-refractivity contribution in [1.82, 2.24) is 4.90 Å². The first-order valence-corrected chi connectivity index (χ1v) is 7.57. The Hall–Kier alpha value is -0.190. The molecule has 0 aromatic carbocycles. The zero-order valence-electron chi connectivity index (χ0n) is 11.7. The average molecular weight is 270 g/mol. The van der Waals surface area contributed by atoms with E-state index in [1.165, 1.54) is 32.1 Å². The largest absolute Gasteiger partial charge is 0.393 e. The maximum absolute atomic E-state index is 6.09. The van der Waals surface area contributed by atoms with Gasteiger partial charge in [-0.25, -0.2) is 0 Å². The summed E-state index contributed by atoms with van der Waals surface area (Å²) in [6, 6.07) is 1.06. The molecule has 0 aromatic heterocycles. The van der Waals surface area contributed by atoms with Crippen LogP contribution >= 0.6 is 12.2 Å². The predicted octanol–water partition coefficient (Wildman–Crippen LogP) is 2.47. The van der Waals surface area contributed by atoms with E-state index in [1.54, 1.807) is 0 Å². The van der Waals surface area contributed by atoms with Crippen molar-refractivity contribution in [3.8, 4) is 0 Å². The highest BCUT2D eigenvalue weighted by molar-refractivity contribution is 7.80. The van der Waals surface area contributed by atoms with E-state index in [2.05, 4.69) is 18.9 Å². The second-order valence-electron chi connectivity index (χ2n) is 6.07. The fraction of sp³-hybridized carbons (Fsp3) is 0.929. The van der Waals surface area contributed by atoms with Crippen molar-refractivity contribution in [3.05, 3.63) is 0 Å². The van der Waals surface area contributed by atoms with Crippen molar-refractivity contribution in [1.29, 1.82) is 0 Å². The van der Waals surface area contributed by atoms with E-state index in [0.717, 1.165) is 19.4 Å². The highest BCUT2D eigenvalue weighted by Gasteiger charge is 2.41. The fourth-order valence-corrected chi connectivity index (χ4v) is 3.75. The molecule has 2 N–H and O–H groups in total. The Morgan fingerprint density at radius 3 is 2.78 bits per heavy atom. The normalized spacial score (nSPS) is 28.7. The Labute approximate surface area is 116 Å². The monoisotopic (exact) mass is 270 g/mol. The van der Waals surface area contributed by atoms with E-state index in [9.17, 15) is 0 Å². The van der Waals surface area contributed by atoms with Crippen molar-refractivity contribution in [2.24, 2.45) is 5.73 Å². The molecule has 0 radical (unpaired) electrons. The van der Waals surface area contributed by atoms with Gasteiger partial charge in [-0.3, -0.25) is 0 Å². The van der Waals surface area contributed by atoms with Gasteiger partial charge < -0.3 is 15.4 Å². The molecule has 2 aliphatic rings. The van der Waals surface area contributed by atoms with Crippen LogP contribution in [-0.4, -0.2) is 41.2 Å². The van der Waals surface area contributed by atoms with Crippen LogP contribution in [0.2, 0.25) is 0 Å². The van der Waals surface area contributed by atoms with Gasteiger partial charge in [-0.15, -0.1) is 0 Å². The SMILES string of the molecule is CC(CC(N)=S)N(C)C1CCOC2(CCCC2)C1. The molecule has 2 fully saturated rings. The zero-order valence-corrected chi connectivity index (χ0v) is 12.5. The average Bonchev–Trinajstić information content (AvgIpc) is 2.75. The molecule has 1 saturated heterocycles. The Morgan fingerprint density at radius 2 is 2.17 bits per heavy atom. The molecular formula is C14H26N2OS. The number of rotatable bonds is 4. The van der Waals surface area contributed by atoms with Gasteiger partial charge in [0.2, 0.25) is 0 Å². The van der Waals surface area contributed by atoms with E-state index < -0.39 is 0 Å². The van der Waals surface area contributed by atoms with Crippen LogP contribution in [0.5, 0.6) is 0 Å². The number of hydrogen-bond donors (Lipinski definition) is 1. The highest BCUT2D eigenvalue weighted by atomic mass is 32.1. The zero-order chi connectivity index (χ0) is 13.2.